The lowest BCUT2D eigenvalue weighted by atomic mass is 10.0. The third-order valence-electron chi connectivity index (χ3n) is 4.03. The van der Waals surface area contributed by atoms with Gasteiger partial charge in [0.05, 0.1) is 31.7 Å². The van der Waals surface area contributed by atoms with Gasteiger partial charge < -0.3 is 20.1 Å². The standard InChI is InChI=1S/C18H22N2O2/c1-21-18-5-3-2-4-15(18)12-14-6-7-17(16(19)13-14)20-8-10-22-11-9-20/h2-7,13H,8-12,19H2,1H3. The van der Waals surface area contributed by atoms with Gasteiger partial charge in [0.25, 0.3) is 0 Å². The van der Waals surface area contributed by atoms with E-state index in [1.807, 2.05) is 18.2 Å². The summed E-state index contributed by atoms with van der Waals surface area (Å²) in [5.74, 6) is 0.915. The first-order valence-corrected chi connectivity index (χ1v) is 7.61. The molecule has 22 heavy (non-hydrogen) atoms. The summed E-state index contributed by atoms with van der Waals surface area (Å²) in [6.45, 7) is 3.33. The van der Waals surface area contributed by atoms with Crippen molar-refractivity contribution in [2.45, 2.75) is 6.42 Å². The predicted molar refractivity (Wildman–Crippen MR) is 89.7 cm³/mol. The SMILES string of the molecule is COc1ccccc1Cc1ccc(N2CCOCC2)c(N)c1. The average Bonchev–Trinajstić information content (AvgIpc) is 2.56. The molecule has 3 rings (SSSR count). The van der Waals surface area contributed by atoms with Crippen molar-refractivity contribution in [1.29, 1.82) is 0 Å². The van der Waals surface area contributed by atoms with Crippen molar-refractivity contribution in [2.24, 2.45) is 0 Å². The Kier molecular flexibility index (Phi) is 4.49. The quantitative estimate of drug-likeness (QED) is 0.882. The van der Waals surface area contributed by atoms with Gasteiger partial charge in [-0.25, -0.2) is 0 Å². The second kappa shape index (κ2) is 6.71. The van der Waals surface area contributed by atoms with E-state index in [4.69, 9.17) is 15.2 Å². The summed E-state index contributed by atoms with van der Waals surface area (Å²) in [6, 6.07) is 14.4. The van der Waals surface area contributed by atoms with E-state index in [0.29, 0.717) is 0 Å². The minimum Gasteiger partial charge on any atom is -0.496 e. The van der Waals surface area contributed by atoms with Gasteiger partial charge >= 0.3 is 0 Å². The zero-order chi connectivity index (χ0) is 15.4. The Morgan fingerprint density at radius 2 is 1.91 bits per heavy atom. The summed E-state index contributed by atoms with van der Waals surface area (Å²) >= 11 is 0. The Morgan fingerprint density at radius 1 is 1.14 bits per heavy atom. The number of nitrogen functional groups attached to an aromatic ring is 1. The van der Waals surface area contributed by atoms with Gasteiger partial charge in [-0.15, -0.1) is 0 Å². The van der Waals surface area contributed by atoms with Crippen molar-refractivity contribution in [2.75, 3.05) is 44.0 Å². The molecule has 0 unspecified atom stereocenters. The number of benzene rings is 2. The van der Waals surface area contributed by atoms with Crippen molar-refractivity contribution in [1.82, 2.24) is 0 Å². The van der Waals surface area contributed by atoms with Gasteiger partial charge in [0.1, 0.15) is 5.75 Å². The highest BCUT2D eigenvalue weighted by molar-refractivity contribution is 5.69. The topological polar surface area (TPSA) is 47.7 Å². The van der Waals surface area contributed by atoms with E-state index < -0.39 is 0 Å². The number of para-hydroxylation sites is 1. The van der Waals surface area contributed by atoms with Crippen LogP contribution < -0.4 is 15.4 Å². The molecule has 0 saturated carbocycles. The number of anilines is 2. The predicted octanol–water partition coefficient (Wildman–Crippen LogP) is 2.70. The fraction of sp³-hybridized carbons (Fsp3) is 0.333. The first kappa shape index (κ1) is 14.7. The molecule has 2 aromatic rings. The van der Waals surface area contributed by atoms with E-state index in [9.17, 15) is 0 Å². The second-order valence-electron chi connectivity index (χ2n) is 5.48. The number of hydrogen-bond donors (Lipinski definition) is 1. The van der Waals surface area contributed by atoms with Crippen molar-refractivity contribution in [3.05, 3.63) is 53.6 Å². The molecule has 1 fully saturated rings. The first-order valence-electron chi connectivity index (χ1n) is 7.61. The van der Waals surface area contributed by atoms with E-state index in [2.05, 4.69) is 29.2 Å². The monoisotopic (exact) mass is 298 g/mol. The zero-order valence-electron chi connectivity index (χ0n) is 12.9. The molecule has 0 amide bonds. The Bertz CT molecular complexity index is 637. The van der Waals surface area contributed by atoms with E-state index in [1.165, 1.54) is 11.1 Å². The van der Waals surface area contributed by atoms with Crippen LogP contribution in [0.4, 0.5) is 11.4 Å². The van der Waals surface area contributed by atoms with E-state index >= 15 is 0 Å². The highest BCUT2D eigenvalue weighted by Crippen LogP contribution is 2.28. The van der Waals surface area contributed by atoms with Crippen LogP contribution in [0, 0.1) is 0 Å². The molecule has 1 saturated heterocycles. The van der Waals surface area contributed by atoms with Crippen LogP contribution >= 0.6 is 0 Å². The molecule has 0 aromatic heterocycles. The molecule has 4 nitrogen and oxygen atoms in total. The third-order valence-corrected chi connectivity index (χ3v) is 4.03. The smallest absolute Gasteiger partial charge is 0.122 e. The van der Waals surface area contributed by atoms with Gasteiger partial charge in [-0.1, -0.05) is 24.3 Å². The Morgan fingerprint density at radius 3 is 2.64 bits per heavy atom. The highest BCUT2D eigenvalue weighted by atomic mass is 16.5. The molecule has 0 bridgehead atoms. The molecule has 0 radical (unpaired) electrons. The largest absolute Gasteiger partial charge is 0.496 e. The lowest BCUT2D eigenvalue weighted by molar-refractivity contribution is 0.123. The minimum atomic E-state index is 0.766. The van der Waals surface area contributed by atoms with Gasteiger partial charge in [-0.3, -0.25) is 0 Å². The van der Waals surface area contributed by atoms with Crippen LogP contribution in [0.25, 0.3) is 0 Å². The molecule has 4 heteroatoms. The van der Waals surface area contributed by atoms with Crippen molar-refractivity contribution in [3.63, 3.8) is 0 Å². The fourth-order valence-corrected chi connectivity index (χ4v) is 2.88. The minimum absolute atomic E-state index is 0.766. The Labute approximate surface area is 131 Å². The maximum absolute atomic E-state index is 6.26. The van der Waals surface area contributed by atoms with Crippen LogP contribution in [0.15, 0.2) is 42.5 Å². The van der Waals surface area contributed by atoms with Crippen LogP contribution in [0.5, 0.6) is 5.75 Å². The summed E-state index contributed by atoms with van der Waals surface area (Å²) in [5, 5.41) is 0. The molecular weight excluding hydrogens is 276 g/mol. The summed E-state index contributed by atoms with van der Waals surface area (Å²) in [6.07, 6.45) is 0.817. The molecule has 1 aliphatic rings. The average molecular weight is 298 g/mol. The van der Waals surface area contributed by atoms with Crippen LogP contribution in [0.2, 0.25) is 0 Å². The van der Waals surface area contributed by atoms with Gasteiger partial charge in [-0.05, 0) is 29.3 Å². The van der Waals surface area contributed by atoms with Crippen LogP contribution in [0.3, 0.4) is 0 Å². The molecule has 0 spiro atoms. The number of ether oxygens (including phenoxy) is 2. The van der Waals surface area contributed by atoms with Gasteiger partial charge in [0, 0.05) is 19.5 Å². The summed E-state index contributed by atoms with van der Waals surface area (Å²) < 4.78 is 10.8. The maximum atomic E-state index is 6.26. The van der Waals surface area contributed by atoms with Crippen LogP contribution in [-0.2, 0) is 11.2 Å². The number of hydrogen-bond acceptors (Lipinski definition) is 4. The highest BCUT2D eigenvalue weighted by Gasteiger charge is 2.14. The second-order valence-corrected chi connectivity index (χ2v) is 5.48. The summed E-state index contributed by atoms with van der Waals surface area (Å²) in [7, 11) is 1.70. The molecule has 2 N–H and O–H groups in total. The molecule has 0 aliphatic carbocycles. The Balaban J connectivity index is 1.79. The molecule has 0 atom stereocenters. The third kappa shape index (κ3) is 3.17. The normalized spacial score (nSPS) is 14.9. The number of morpholine rings is 1. The van der Waals surface area contributed by atoms with Crippen LogP contribution in [0.1, 0.15) is 11.1 Å². The lowest BCUT2D eigenvalue weighted by Crippen LogP contribution is -2.36. The fourth-order valence-electron chi connectivity index (χ4n) is 2.88. The van der Waals surface area contributed by atoms with Gasteiger partial charge in [0.2, 0.25) is 0 Å². The number of nitrogens with zero attached hydrogens (tertiary/aromatic N) is 1. The molecule has 1 aliphatic heterocycles. The zero-order valence-corrected chi connectivity index (χ0v) is 12.9. The van der Waals surface area contributed by atoms with E-state index in [0.717, 1.165) is 49.8 Å². The van der Waals surface area contributed by atoms with Gasteiger partial charge in [-0.2, -0.15) is 0 Å². The Hall–Kier alpha value is -2.20. The lowest BCUT2D eigenvalue weighted by Gasteiger charge is -2.30. The first-order chi connectivity index (χ1) is 10.8. The molecular formula is C18H22N2O2. The van der Waals surface area contributed by atoms with Crippen molar-refractivity contribution < 1.29 is 9.47 Å². The molecule has 1 heterocycles. The van der Waals surface area contributed by atoms with E-state index in [1.54, 1.807) is 7.11 Å². The van der Waals surface area contributed by atoms with Crippen LogP contribution in [-0.4, -0.2) is 33.4 Å². The van der Waals surface area contributed by atoms with Gasteiger partial charge in [0.15, 0.2) is 0 Å². The number of rotatable bonds is 4. The number of nitrogens with two attached hydrogens (primary N) is 1. The number of methoxy groups -OCH3 is 1. The van der Waals surface area contributed by atoms with E-state index in [-0.39, 0.29) is 0 Å². The molecule has 116 valence electrons. The molecule has 2 aromatic carbocycles. The maximum Gasteiger partial charge on any atom is 0.122 e. The summed E-state index contributed by atoms with van der Waals surface area (Å²) in [4.78, 5) is 2.28. The van der Waals surface area contributed by atoms with Crippen molar-refractivity contribution in [3.8, 4) is 5.75 Å². The summed E-state index contributed by atoms with van der Waals surface area (Å²) in [5.41, 5.74) is 10.6. The van der Waals surface area contributed by atoms with Crippen molar-refractivity contribution >= 4 is 11.4 Å².